The maximum absolute atomic E-state index is 12.8. The Labute approximate surface area is 170 Å². The quantitative estimate of drug-likeness (QED) is 0.663. The van der Waals surface area contributed by atoms with Crippen LogP contribution in [0, 0.1) is 12.8 Å². The van der Waals surface area contributed by atoms with Crippen LogP contribution in [0.5, 0.6) is 0 Å². The summed E-state index contributed by atoms with van der Waals surface area (Å²) in [7, 11) is 3.59. The van der Waals surface area contributed by atoms with Crippen molar-refractivity contribution in [3.05, 3.63) is 29.8 Å². The molecule has 1 amide bonds. The molecule has 1 saturated heterocycles. The van der Waals surface area contributed by atoms with E-state index in [0.717, 1.165) is 22.9 Å². The Bertz CT molecular complexity index is 864. The maximum Gasteiger partial charge on any atom is 0.223 e. The summed E-state index contributed by atoms with van der Waals surface area (Å²) >= 11 is 0. The highest BCUT2D eigenvalue weighted by Crippen LogP contribution is 2.39. The molecule has 2 fully saturated rings. The van der Waals surface area contributed by atoms with Gasteiger partial charge in [-0.25, -0.2) is 9.97 Å². The minimum absolute atomic E-state index is 0.0234. The third kappa shape index (κ3) is 4.34. The highest BCUT2D eigenvalue weighted by Gasteiger charge is 2.41. The minimum Gasteiger partial charge on any atom is -0.383 e. The van der Waals surface area contributed by atoms with Crippen molar-refractivity contribution in [3.8, 4) is 0 Å². The highest BCUT2D eigenvalue weighted by atomic mass is 16.5. The van der Waals surface area contributed by atoms with Gasteiger partial charge in [-0.3, -0.25) is 9.48 Å². The lowest BCUT2D eigenvalue weighted by Gasteiger charge is -2.28. The number of anilines is 2. The molecule has 3 heterocycles. The van der Waals surface area contributed by atoms with Crippen LogP contribution in [0.3, 0.4) is 0 Å². The fraction of sp³-hybridized carbons (Fsp3) is 0.600. The normalized spacial score (nSPS) is 21.6. The summed E-state index contributed by atoms with van der Waals surface area (Å²) in [6.07, 6.45) is 6.34. The Kier molecular flexibility index (Phi) is 5.66. The number of aromatic nitrogens is 4. The molecule has 1 aliphatic carbocycles. The molecule has 1 aliphatic heterocycles. The van der Waals surface area contributed by atoms with Crippen LogP contribution < -0.4 is 10.6 Å². The average Bonchev–Trinajstić information content (AvgIpc) is 3.39. The molecule has 2 N–H and O–H groups in total. The van der Waals surface area contributed by atoms with E-state index in [9.17, 15) is 4.79 Å². The second-order valence-corrected chi connectivity index (χ2v) is 7.89. The van der Waals surface area contributed by atoms with Crippen molar-refractivity contribution in [1.29, 1.82) is 0 Å². The number of rotatable bonds is 9. The Morgan fingerprint density at radius 2 is 2.07 bits per heavy atom. The fourth-order valence-electron chi connectivity index (χ4n) is 3.93. The lowest BCUT2D eigenvalue weighted by molar-refractivity contribution is -0.129. The maximum atomic E-state index is 12.8. The Morgan fingerprint density at radius 3 is 2.76 bits per heavy atom. The van der Waals surface area contributed by atoms with Gasteiger partial charge < -0.3 is 20.3 Å². The zero-order valence-electron chi connectivity index (χ0n) is 17.3. The smallest absolute Gasteiger partial charge is 0.223 e. The molecular formula is C20H29N7O2. The average molecular weight is 399 g/mol. The summed E-state index contributed by atoms with van der Waals surface area (Å²) in [5, 5.41) is 11.2. The summed E-state index contributed by atoms with van der Waals surface area (Å²) in [4.78, 5) is 23.3. The Balaban J connectivity index is 1.50. The van der Waals surface area contributed by atoms with Gasteiger partial charge >= 0.3 is 0 Å². The molecular weight excluding hydrogens is 370 g/mol. The van der Waals surface area contributed by atoms with Crippen LogP contribution in [-0.4, -0.2) is 63.4 Å². The van der Waals surface area contributed by atoms with Crippen LogP contribution in [0.15, 0.2) is 18.6 Å². The lowest BCUT2D eigenvalue weighted by atomic mass is 9.94. The van der Waals surface area contributed by atoms with E-state index in [2.05, 4.69) is 25.7 Å². The molecule has 4 rings (SSSR count). The van der Waals surface area contributed by atoms with Gasteiger partial charge in [0.25, 0.3) is 0 Å². The summed E-state index contributed by atoms with van der Waals surface area (Å²) in [6, 6.07) is 2.45. The number of hydrogen-bond acceptors (Lipinski definition) is 7. The van der Waals surface area contributed by atoms with Gasteiger partial charge in [-0.2, -0.15) is 5.10 Å². The summed E-state index contributed by atoms with van der Waals surface area (Å²) < 4.78 is 7.09. The zero-order valence-corrected chi connectivity index (χ0v) is 17.3. The van der Waals surface area contributed by atoms with Gasteiger partial charge in [0.1, 0.15) is 18.0 Å². The lowest BCUT2D eigenvalue weighted by Crippen LogP contribution is -2.33. The highest BCUT2D eigenvalue weighted by molar-refractivity contribution is 5.80. The Hall–Kier alpha value is -2.68. The number of amides is 1. The van der Waals surface area contributed by atoms with Gasteiger partial charge in [0.05, 0.1) is 18.8 Å². The zero-order chi connectivity index (χ0) is 20.4. The number of likely N-dealkylation sites (tertiary alicyclic amines) is 1. The predicted octanol–water partition coefficient (Wildman–Crippen LogP) is 1.74. The van der Waals surface area contributed by atoms with Gasteiger partial charge in [-0.1, -0.05) is 0 Å². The van der Waals surface area contributed by atoms with Crippen LogP contribution in [0.2, 0.25) is 0 Å². The number of aryl methyl sites for hydroxylation is 1. The van der Waals surface area contributed by atoms with Crippen LogP contribution >= 0.6 is 0 Å². The number of carbonyl (C=O) groups is 1. The second-order valence-electron chi connectivity index (χ2n) is 7.89. The van der Waals surface area contributed by atoms with Gasteiger partial charge in [-0.15, -0.1) is 0 Å². The summed E-state index contributed by atoms with van der Waals surface area (Å²) in [6.45, 7) is 3.79. The van der Waals surface area contributed by atoms with Gasteiger partial charge in [-0.05, 0) is 19.8 Å². The van der Waals surface area contributed by atoms with Crippen LogP contribution in [0.25, 0.3) is 0 Å². The van der Waals surface area contributed by atoms with Crippen LogP contribution in [-0.2, 0) is 16.6 Å². The molecule has 29 heavy (non-hydrogen) atoms. The van der Waals surface area contributed by atoms with E-state index >= 15 is 0 Å². The molecule has 2 aliphatic rings. The number of ether oxygens (including phenoxy) is 1. The van der Waals surface area contributed by atoms with Crippen molar-refractivity contribution < 1.29 is 9.53 Å². The van der Waals surface area contributed by atoms with E-state index < -0.39 is 0 Å². The first-order valence-electron chi connectivity index (χ1n) is 10.2. The molecule has 2 aromatic heterocycles. The van der Waals surface area contributed by atoms with E-state index in [-0.39, 0.29) is 17.9 Å². The van der Waals surface area contributed by atoms with Crippen molar-refractivity contribution >= 4 is 17.5 Å². The van der Waals surface area contributed by atoms with Crippen molar-refractivity contribution in [3.63, 3.8) is 0 Å². The van der Waals surface area contributed by atoms with E-state index in [1.807, 2.05) is 35.8 Å². The molecule has 2 atom stereocenters. The van der Waals surface area contributed by atoms with Crippen molar-refractivity contribution in [2.24, 2.45) is 13.0 Å². The number of nitrogens with one attached hydrogen (secondary N) is 2. The molecule has 0 aromatic carbocycles. The molecule has 0 unspecified atom stereocenters. The molecule has 9 nitrogen and oxygen atoms in total. The number of nitrogens with zero attached hydrogens (tertiary/aromatic N) is 5. The summed E-state index contributed by atoms with van der Waals surface area (Å²) in [5.74, 6) is 1.89. The molecule has 0 bridgehead atoms. The summed E-state index contributed by atoms with van der Waals surface area (Å²) in [5.41, 5.74) is 2.18. The van der Waals surface area contributed by atoms with Gasteiger partial charge in [0.2, 0.25) is 5.91 Å². The third-order valence-electron chi connectivity index (χ3n) is 5.81. The van der Waals surface area contributed by atoms with Crippen molar-refractivity contribution in [1.82, 2.24) is 24.6 Å². The first-order chi connectivity index (χ1) is 14.1. The largest absolute Gasteiger partial charge is 0.383 e. The molecule has 9 heteroatoms. The standard InChI is InChI=1S/C20H29N7O2/c1-13-16(11-24-26(13)2)20-14(8-19(28)27(20)6-7-29-3)10-21-17-9-18(23-12-22-17)25-15-4-5-15/h9,11-12,14-15,20H,4-8,10H2,1-3H3,(H2,21,22,23,25)/t14-,20+/m1/s1. The molecule has 2 aromatic rings. The van der Waals surface area contributed by atoms with Crippen LogP contribution in [0.1, 0.15) is 36.6 Å². The fourth-order valence-corrected chi connectivity index (χ4v) is 3.93. The number of methoxy groups -OCH3 is 1. The number of carbonyl (C=O) groups excluding carboxylic acids is 1. The third-order valence-corrected chi connectivity index (χ3v) is 5.81. The predicted molar refractivity (Wildman–Crippen MR) is 110 cm³/mol. The van der Waals surface area contributed by atoms with Gasteiger partial charge in [0.15, 0.2) is 0 Å². The minimum atomic E-state index is -0.0234. The monoisotopic (exact) mass is 399 g/mol. The first kappa shape index (κ1) is 19.6. The molecule has 0 radical (unpaired) electrons. The second kappa shape index (κ2) is 8.36. The van der Waals surface area contributed by atoms with Gasteiger partial charge in [0, 0.05) is 63.0 Å². The molecule has 1 saturated carbocycles. The van der Waals surface area contributed by atoms with Crippen molar-refractivity contribution in [2.45, 2.75) is 38.3 Å². The topological polar surface area (TPSA) is 97.2 Å². The van der Waals surface area contributed by atoms with E-state index in [1.54, 1.807) is 13.4 Å². The van der Waals surface area contributed by atoms with E-state index in [4.69, 9.17) is 4.74 Å². The first-order valence-corrected chi connectivity index (χ1v) is 10.2. The van der Waals surface area contributed by atoms with Crippen LogP contribution in [0.4, 0.5) is 11.6 Å². The van der Waals surface area contributed by atoms with E-state index in [0.29, 0.717) is 32.2 Å². The number of hydrogen-bond donors (Lipinski definition) is 2. The Morgan fingerprint density at radius 1 is 1.28 bits per heavy atom. The van der Waals surface area contributed by atoms with E-state index in [1.165, 1.54) is 12.8 Å². The molecule has 0 spiro atoms. The molecule has 156 valence electrons. The van der Waals surface area contributed by atoms with Crippen molar-refractivity contribution in [2.75, 3.05) is 37.4 Å². The SMILES string of the molecule is COCCN1C(=O)C[C@H](CNc2cc(NC3CC3)ncn2)[C@H]1c1cnn(C)c1C.